The van der Waals surface area contributed by atoms with E-state index >= 15 is 0 Å². The summed E-state index contributed by atoms with van der Waals surface area (Å²) < 4.78 is 0. The first-order valence-electron chi connectivity index (χ1n) is 6.27. The summed E-state index contributed by atoms with van der Waals surface area (Å²) in [4.78, 5) is 19.9. The number of aromatic amines is 1. The van der Waals surface area contributed by atoms with Crippen molar-refractivity contribution in [3.8, 4) is 0 Å². The van der Waals surface area contributed by atoms with Gasteiger partial charge in [-0.15, -0.1) is 0 Å². The average Bonchev–Trinajstić information content (AvgIpc) is 2.72. The van der Waals surface area contributed by atoms with Crippen LogP contribution in [0.5, 0.6) is 0 Å². The van der Waals surface area contributed by atoms with Gasteiger partial charge in [0.2, 0.25) is 5.91 Å². The zero-order chi connectivity index (χ0) is 12.8. The fourth-order valence-electron chi connectivity index (χ4n) is 1.99. The molecule has 18 heavy (non-hydrogen) atoms. The summed E-state index contributed by atoms with van der Waals surface area (Å²) in [5, 5.41) is 9.85. The Balaban J connectivity index is 1.79. The van der Waals surface area contributed by atoms with E-state index in [1.54, 1.807) is 11.9 Å². The van der Waals surface area contributed by atoms with Crippen LogP contribution in [-0.2, 0) is 11.3 Å². The molecule has 100 valence electrons. The molecule has 0 spiro atoms. The molecule has 7 heteroatoms. The van der Waals surface area contributed by atoms with E-state index in [1.165, 1.54) is 6.33 Å². The van der Waals surface area contributed by atoms with E-state index in [0.29, 0.717) is 18.9 Å². The van der Waals surface area contributed by atoms with Gasteiger partial charge in [-0.2, -0.15) is 5.10 Å². The number of likely N-dealkylation sites (N-methyl/N-ethyl adjacent to an activating group) is 1. The minimum absolute atomic E-state index is 0.119. The molecule has 0 radical (unpaired) electrons. The number of H-pyrrole nitrogens is 1. The first kappa shape index (κ1) is 13.0. The van der Waals surface area contributed by atoms with Crippen molar-refractivity contribution >= 4 is 5.91 Å². The van der Waals surface area contributed by atoms with Crippen LogP contribution in [0.4, 0.5) is 0 Å². The molecule has 1 aliphatic rings. The molecule has 7 nitrogen and oxygen atoms in total. The summed E-state index contributed by atoms with van der Waals surface area (Å²) >= 11 is 0. The van der Waals surface area contributed by atoms with Crippen molar-refractivity contribution in [2.45, 2.75) is 13.0 Å². The number of aromatic nitrogens is 3. The second-order valence-electron chi connectivity index (χ2n) is 4.56. The van der Waals surface area contributed by atoms with Gasteiger partial charge in [-0.05, 0) is 19.5 Å². The van der Waals surface area contributed by atoms with Crippen molar-refractivity contribution < 1.29 is 4.79 Å². The van der Waals surface area contributed by atoms with Gasteiger partial charge in [-0.25, -0.2) is 4.98 Å². The number of carbonyl (C=O) groups excluding carboxylic acids is 1. The van der Waals surface area contributed by atoms with E-state index in [-0.39, 0.29) is 5.91 Å². The molecule has 1 fully saturated rings. The third-order valence-electron chi connectivity index (χ3n) is 3.07. The second-order valence-corrected chi connectivity index (χ2v) is 4.56. The topological polar surface area (TPSA) is 77.2 Å². The normalized spacial score (nSPS) is 17.4. The number of hydrogen-bond donors (Lipinski definition) is 2. The Morgan fingerprint density at radius 3 is 3.17 bits per heavy atom. The Morgan fingerprint density at radius 1 is 1.50 bits per heavy atom. The summed E-state index contributed by atoms with van der Waals surface area (Å²) in [6.07, 6.45) is 2.55. The maximum atomic E-state index is 12.1. The van der Waals surface area contributed by atoms with Gasteiger partial charge in [0.1, 0.15) is 12.2 Å². The van der Waals surface area contributed by atoms with Gasteiger partial charge in [-0.3, -0.25) is 14.8 Å². The maximum absolute atomic E-state index is 12.1. The monoisotopic (exact) mass is 252 g/mol. The Morgan fingerprint density at radius 2 is 2.39 bits per heavy atom. The van der Waals surface area contributed by atoms with Crippen molar-refractivity contribution in [2.24, 2.45) is 0 Å². The minimum Gasteiger partial charge on any atom is -0.337 e. The molecular formula is C11H20N6O. The maximum Gasteiger partial charge on any atom is 0.236 e. The number of rotatable bonds is 4. The average molecular weight is 252 g/mol. The molecule has 0 unspecified atom stereocenters. The fraction of sp³-hybridized carbons (Fsp3) is 0.727. The van der Waals surface area contributed by atoms with Crippen molar-refractivity contribution in [1.29, 1.82) is 0 Å². The second kappa shape index (κ2) is 6.46. The highest BCUT2D eigenvalue weighted by atomic mass is 16.2. The molecule has 2 N–H and O–H groups in total. The molecule has 2 rings (SSSR count). The molecule has 0 atom stereocenters. The smallest absolute Gasteiger partial charge is 0.236 e. The van der Waals surface area contributed by atoms with Crippen LogP contribution in [0.2, 0.25) is 0 Å². The Bertz CT molecular complexity index is 358. The highest BCUT2D eigenvalue weighted by Gasteiger charge is 2.16. The van der Waals surface area contributed by atoms with Crippen LogP contribution < -0.4 is 5.32 Å². The number of amides is 1. The third-order valence-corrected chi connectivity index (χ3v) is 3.07. The number of nitrogens with zero attached hydrogens (tertiary/aromatic N) is 4. The summed E-state index contributed by atoms with van der Waals surface area (Å²) in [7, 11) is 1.79. The van der Waals surface area contributed by atoms with E-state index in [0.717, 1.165) is 32.6 Å². The van der Waals surface area contributed by atoms with Crippen molar-refractivity contribution in [3.05, 3.63) is 12.2 Å². The molecule has 0 aromatic carbocycles. The molecule has 1 aromatic heterocycles. The van der Waals surface area contributed by atoms with Crippen molar-refractivity contribution in [1.82, 2.24) is 30.3 Å². The lowest BCUT2D eigenvalue weighted by atomic mass is 10.3. The SMILES string of the molecule is CN(Cc1ncn[nH]1)C(=O)CN1CCCNCC1. The molecule has 1 amide bonds. The Kier molecular flexibility index (Phi) is 4.66. The van der Waals surface area contributed by atoms with Crippen LogP contribution in [0, 0.1) is 0 Å². The Hall–Kier alpha value is -1.47. The lowest BCUT2D eigenvalue weighted by Crippen LogP contribution is -2.39. The first-order valence-corrected chi connectivity index (χ1v) is 6.27. The largest absolute Gasteiger partial charge is 0.337 e. The highest BCUT2D eigenvalue weighted by Crippen LogP contribution is 1.99. The molecule has 0 bridgehead atoms. The van der Waals surface area contributed by atoms with Gasteiger partial charge in [0.15, 0.2) is 0 Å². The van der Waals surface area contributed by atoms with Gasteiger partial charge in [0.05, 0.1) is 13.1 Å². The summed E-state index contributed by atoms with van der Waals surface area (Å²) in [5.41, 5.74) is 0. The number of nitrogens with one attached hydrogen (secondary N) is 2. The van der Waals surface area contributed by atoms with Gasteiger partial charge >= 0.3 is 0 Å². The quantitative estimate of drug-likeness (QED) is 0.723. The summed E-state index contributed by atoms with van der Waals surface area (Å²) in [6.45, 7) is 4.87. The number of carbonyl (C=O) groups is 1. The zero-order valence-electron chi connectivity index (χ0n) is 10.7. The van der Waals surface area contributed by atoms with Gasteiger partial charge in [-0.1, -0.05) is 0 Å². The molecular weight excluding hydrogens is 232 g/mol. The molecule has 1 saturated heterocycles. The predicted molar refractivity (Wildman–Crippen MR) is 66.8 cm³/mol. The van der Waals surface area contributed by atoms with E-state index in [9.17, 15) is 4.79 Å². The van der Waals surface area contributed by atoms with Crippen molar-refractivity contribution in [3.63, 3.8) is 0 Å². The summed E-state index contributed by atoms with van der Waals surface area (Å²) in [6, 6.07) is 0. The fourth-order valence-corrected chi connectivity index (χ4v) is 1.99. The Labute approximate surface area is 107 Å². The van der Waals surface area contributed by atoms with Crippen LogP contribution in [-0.4, -0.2) is 70.7 Å². The van der Waals surface area contributed by atoms with Crippen LogP contribution in [0.1, 0.15) is 12.2 Å². The van der Waals surface area contributed by atoms with E-state index < -0.39 is 0 Å². The first-order chi connectivity index (χ1) is 8.75. The predicted octanol–water partition coefficient (Wildman–Crippen LogP) is -0.942. The van der Waals surface area contributed by atoms with Gasteiger partial charge in [0.25, 0.3) is 0 Å². The lowest BCUT2D eigenvalue weighted by molar-refractivity contribution is -0.131. The molecule has 0 aliphatic carbocycles. The van der Waals surface area contributed by atoms with Crippen LogP contribution in [0.15, 0.2) is 6.33 Å². The zero-order valence-corrected chi connectivity index (χ0v) is 10.7. The minimum atomic E-state index is 0.119. The molecule has 1 aliphatic heterocycles. The molecule has 1 aromatic rings. The van der Waals surface area contributed by atoms with Crippen LogP contribution in [0.3, 0.4) is 0 Å². The molecule has 2 heterocycles. The van der Waals surface area contributed by atoms with E-state index in [1.807, 2.05) is 0 Å². The van der Waals surface area contributed by atoms with E-state index in [2.05, 4.69) is 25.4 Å². The third kappa shape index (κ3) is 3.78. The summed E-state index contributed by atoms with van der Waals surface area (Å²) in [5.74, 6) is 0.830. The van der Waals surface area contributed by atoms with Crippen LogP contribution >= 0.6 is 0 Å². The van der Waals surface area contributed by atoms with Gasteiger partial charge in [0, 0.05) is 20.1 Å². The van der Waals surface area contributed by atoms with Gasteiger partial charge < -0.3 is 10.2 Å². The lowest BCUT2D eigenvalue weighted by Gasteiger charge is -2.22. The molecule has 0 saturated carbocycles. The van der Waals surface area contributed by atoms with E-state index in [4.69, 9.17) is 0 Å². The standard InChI is InChI=1S/C11H20N6O/c1-16(7-10-13-9-14-15-10)11(18)8-17-5-2-3-12-4-6-17/h9,12H,2-8H2,1H3,(H,13,14,15). The number of hydrogen-bond acceptors (Lipinski definition) is 5. The van der Waals surface area contributed by atoms with Crippen molar-refractivity contribution in [2.75, 3.05) is 39.8 Å². The highest BCUT2D eigenvalue weighted by molar-refractivity contribution is 5.77. The van der Waals surface area contributed by atoms with Crippen LogP contribution in [0.25, 0.3) is 0 Å².